The molecule has 0 bridgehead atoms. The third-order valence-corrected chi connectivity index (χ3v) is 3.79. The Labute approximate surface area is 147 Å². The lowest BCUT2D eigenvalue weighted by Gasteiger charge is -2.10. The maximum atomic E-state index is 5.60. The van der Waals surface area contributed by atoms with Gasteiger partial charge in [-0.1, -0.05) is 38.1 Å². The van der Waals surface area contributed by atoms with Crippen molar-refractivity contribution in [1.82, 2.24) is 0 Å². The summed E-state index contributed by atoms with van der Waals surface area (Å²) in [7, 11) is 1.72. The third-order valence-electron chi connectivity index (χ3n) is 3.79. The van der Waals surface area contributed by atoms with Crippen molar-refractivity contribution in [3.63, 3.8) is 0 Å². The van der Waals surface area contributed by atoms with Crippen molar-refractivity contribution < 1.29 is 14.2 Å². The van der Waals surface area contributed by atoms with Crippen LogP contribution in [-0.2, 0) is 14.2 Å². The Hall–Kier alpha value is -1.74. The zero-order valence-electron chi connectivity index (χ0n) is 16.0. The highest BCUT2D eigenvalue weighted by atomic mass is 16.5. The van der Waals surface area contributed by atoms with Crippen LogP contribution in [0.1, 0.15) is 52.2 Å². The fourth-order valence-corrected chi connectivity index (χ4v) is 2.03. The van der Waals surface area contributed by atoms with Gasteiger partial charge in [0.1, 0.15) is 0 Å². The lowest BCUT2D eigenvalue weighted by Crippen LogP contribution is -2.07. The molecule has 0 saturated carbocycles. The second kappa shape index (κ2) is 10.9. The number of hydrogen-bond donors (Lipinski definition) is 0. The molecule has 1 aromatic rings. The topological polar surface area (TPSA) is 27.7 Å². The van der Waals surface area contributed by atoms with Crippen LogP contribution in [-0.4, -0.2) is 26.4 Å². The minimum absolute atomic E-state index is 0.227. The van der Waals surface area contributed by atoms with Crippen LogP contribution in [0.15, 0.2) is 36.8 Å². The summed E-state index contributed by atoms with van der Waals surface area (Å²) in [4.78, 5) is 0. The van der Waals surface area contributed by atoms with E-state index < -0.39 is 0 Å². The fourth-order valence-electron chi connectivity index (χ4n) is 2.03. The van der Waals surface area contributed by atoms with E-state index in [4.69, 9.17) is 14.2 Å². The molecule has 1 unspecified atom stereocenters. The molecule has 1 atom stereocenters. The molecule has 1 aromatic carbocycles. The highest BCUT2D eigenvalue weighted by molar-refractivity contribution is 5.68. The summed E-state index contributed by atoms with van der Waals surface area (Å²) >= 11 is 0. The van der Waals surface area contributed by atoms with E-state index in [-0.39, 0.29) is 6.10 Å². The molecule has 0 aliphatic rings. The number of allylic oxidation sites excluding steroid dienone is 2. The Morgan fingerprint density at radius 3 is 1.88 bits per heavy atom. The van der Waals surface area contributed by atoms with E-state index in [0.717, 1.165) is 29.7 Å². The minimum atomic E-state index is 0.227. The van der Waals surface area contributed by atoms with E-state index in [9.17, 15) is 0 Å². The summed E-state index contributed by atoms with van der Waals surface area (Å²) < 4.78 is 16.4. The number of hydrogen-bond acceptors (Lipinski definition) is 3. The molecule has 24 heavy (non-hydrogen) atoms. The van der Waals surface area contributed by atoms with Crippen LogP contribution in [0.5, 0.6) is 0 Å². The molecule has 0 aromatic heterocycles. The average Bonchev–Trinajstić information content (AvgIpc) is 2.57. The van der Waals surface area contributed by atoms with Crippen molar-refractivity contribution in [2.75, 3.05) is 20.3 Å². The molecule has 0 saturated heterocycles. The molecular weight excluding hydrogens is 300 g/mol. The molecule has 0 aliphatic heterocycles. The minimum Gasteiger partial charge on any atom is -0.501 e. The van der Waals surface area contributed by atoms with Gasteiger partial charge >= 0.3 is 0 Å². The van der Waals surface area contributed by atoms with Gasteiger partial charge in [-0.3, -0.25) is 0 Å². The van der Waals surface area contributed by atoms with E-state index in [2.05, 4.69) is 52.0 Å². The smallest absolute Gasteiger partial charge is 0.0898 e. The molecular formula is C21H32O3. The number of benzene rings is 1. The maximum absolute atomic E-state index is 5.60. The first kappa shape index (κ1) is 20.3. The molecule has 0 amide bonds. The molecule has 3 heteroatoms. The zero-order chi connectivity index (χ0) is 17.9. The Bertz CT molecular complexity index is 527. The third kappa shape index (κ3) is 7.69. The standard InChI is InChI=1S/C21H32O3/c1-16(2)13-24-15-18(4)21-9-7-20(8-10-21)17(3)14-23-12-11-19(5)22-6/h7-10,14-16,19H,11-13H2,1-6H3/b17-14+,18-15+. The molecule has 0 spiro atoms. The summed E-state index contributed by atoms with van der Waals surface area (Å²) in [6.07, 6.45) is 4.79. The van der Waals surface area contributed by atoms with Crippen molar-refractivity contribution in [3.8, 4) is 0 Å². The van der Waals surface area contributed by atoms with Crippen LogP contribution in [0.4, 0.5) is 0 Å². The largest absolute Gasteiger partial charge is 0.501 e. The van der Waals surface area contributed by atoms with Gasteiger partial charge in [0, 0.05) is 13.5 Å². The lowest BCUT2D eigenvalue weighted by molar-refractivity contribution is 0.0877. The predicted molar refractivity (Wildman–Crippen MR) is 102 cm³/mol. The summed E-state index contributed by atoms with van der Waals surface area (Å²) in [6.45, 7) is 11.9. The van der Waals surface area contributed by atoms with E-state index in [1.807, 2.05) is 19.4 Å². The fraction of sp³-hybridized carbons (Fsp3) is 0.524. The molecule has 0 heterocycles. The van der Waals surface area contributed by atoms with Crippen molar-refractivity contribution in [2.45, 2.75) is 47.1 Å². The summed E-state index contributed by atoms with van der Waals surface area (Å²) in [6, 6.07) is 8.46. The quantitative estimate of drug-likeness (QED) is 0.417. The van der Waals surface area contributed by atoms with Gasteiger partial charge < -0.3 is 14.2 Å². The predicted octanol–water partition coefficient (Wildman–Crippen LogP) is 5.52. The number of ether oxygens (including phenoxy) is 3. The average molecular weight is 332 g/mol. The van der Waals surface area contributed by atoms with Crippen molar-refractivity contribution in [1.29, 1.82) is 0 Å². The molecule has 3 nitrogen and oxygen atoms in total. The van der Waals surface area contributed by atoms with E-state index >= 15 is 0 Å². The molecule has 0 fully saturated rings. The Balaban J connectivity index is 2.56. The summed E-state index contributed by atoms with van der Waals surface area (Å²) in [5, 5.41) is 0. The summed E-state index contributed by atoms with van der Waals surface area (Å²) in [5.74, 6) is 0.538. The first-order chi connectivity index (χ1) is 11.4. The van der Waals surface area contributed by atoms with Crippen LogP contribution in [0.3, 0.4) is 0 Å². The van der Waals surface area contributed by atoms with Crippen LogP contribution < -0.4 is 0 Å². The second-order valence-corrected chi connectivity index (χ2v) is 6.61. The first-order valence-electron chi connectivity index (χ1n) is 8.64. The van der Waals surface area contributed by atoms with Gasteiger partial charge in [0.25, 0.3) is 0 Å². The lowest BCUT2D eigenvalue weighted by atomic mass is 10.0. The number of methoxy groups -OCH3 is 1. The zero-order valence-corrected chi connectivity index (χ0v) is 16.0. The highest BCUT2D eigenvalue weighted by Gasteiger charge is 2.01. The first-order valence-corrected chi connectivity index (χ1v) is 8.64. The van der Waals surface area contributed by atoms with Crippen LogP contribution in [0.2, 0.25) is 0 Å². The van der Waals surface area contributed by atoms with Crippen LogP contribution in [0, 0.1) is 5.92 Å². The van der Waals surface area contributed by atoms with Gasteiger partial charge in [0.05, 0.1) is 31.8 Å². The monoisotopic (exact) mass is 332 g/mol. The van der Waals surface area contributed by atoms with E-state index in [1.165, 1.54) is 5.56 Å². The maximum Gasteiger partial charge on any atom is 0.0898 e. The van der Waals surface area contributed by atoms with Gasteiger partial charge in [0.2, 0.25) is 0 Å². The highest BCUT2D eigenvalue weighted by Crippen LogP contribution is 2.19. The summed E-state index contributed by atoms with van der Waals surface area (Å²) in [5.41, 5.74) is 4.58. The van der Waals surface area contributed by atoms with E-state index in [0.29, 0.717) is 12.5 Å². The molecule has 0 radical (unpaired) electrons. The van der Waals surface area contributed by atoms with Crippen molar-refractivity contribution >= 4 is 11.1 Å². The van der Waals surface area contributed by atoms with E-state index in [1.54, 1.807) is 7.11 Å². The van der Waals surface area contributed by atoms with Gasteiger partial charge in [-0.2, -0.15) is 0 Å². The van der Waals surface area contributed by atoms with Crippen molar-refractivity contribution in [2.24, 2.45) is 5.92 Å². The van der Waals surface area contributed by atoms with Crippen LogP contribution >= 0.6 is 0 Å². The normalized spacial score (nSPS) is 14.0. The Morgan fingerprint density at radius 2 is 1.42 bits per heavy atom. The molecule has 1 rings (SSSR count). The van der Waals surface area contributed by atoms with Gasteiger partial charge in [-0.25, -0.2) is 0 Å². The van der Waals surface area contributed by atoms with Gasteiger partial charge in [-0.15, -0.1) is 0 Å². The molecule has 0 aliphatic carbocycles. The SMILES string of the molecule is COC(C)CCO/C=C(\C)c1ccc(/C(C)=C/OCC(C)C)cc1. The molecule has 0 N–H and O–H groups in total. The van der Waals surface area contributed by atoms with Crippen LogP contribution in [0.25, 0.3) is 11.1 Å². The van der Waals surface area contributed by atoms with Crippen molar-refractivity contribution in [3.05, 3.63) is 47.9 Å². The second-order valence-electron chi connectivity index (χ2n) is 6.61. The van der Waals surface area contributed by atoms with Gasteiger partial charge in [-0.05, 0) is 49.0 Å². The Morgan fingerprint density at radius 1 is 0.917 bits per heavy atom. The number of rotatable bonds is 10. The Kier molecular flexibility index (Phi) is 9.24. The molecule has 134 valence electrons. The van der Waals surface area contributed by atoms with Gasteiger partial charge in [0.15, 0.2) is 0 Å².